The van der Waals surface area contributed by atoms with Crippen molar-refractivity contribution in [2.75, 3.05) is 13.1 Å². The topological polar surface area (TPSA) is 40.7 Å². The first-order chi connectivity index (χ1) is 7.43. The van der Waals surface area contributed by atoms with E-state index < -0.39 is 0 Å². The van der Waals surface area contributed by atoms with Crippen molar-refractivity contribution < 1.29 is 0 Å². The van der Waals surface area contributed by atoms with Crippen molar-refractivity contribution in [1.82, 2.24) is 15.3 Å². The monoisotopic (exact) mass is 205 g/mol. The Labute approximate surface area is 90.7 Å². The second kappa shape index (κ2) is 3.97. The van der Waals surface area contributed by atoms with Crippen LogP contribution in [0.3, 0.4) is 0 Å². The summed E-state index contributed by atoms with van der Waals surface area (Å²) in [5.41, 5.74) is 1.35. The lowest BCUT2D eigenvalue weighted by Gasteiger charge is -2.24. The molecule has 1 aliphatic carbocycles. The number of imidazole rings is 1. The van der Waals surface area contributed by atoms with Crippen LogP contribution in [-0.2, 0) is 0 Å². The molecule has 3 heteroatoms. The third-order valence-electron chi connectivity index (χ3n) is 3.84. The first-order valence-corrected chi connectivity index (χ1v) is 6.19. The Bertz CT molecular complexity index is 321. The predicted molar refractivity (Wildman–Crippen MR) is 60.0 cm³/mol. The van der Waals surface area contributed by atoms with Gasteiger partial charge >= 0.3 is 0 Å². The van der Waals surface area contributed by atoms with Crippen LogP contribution in [-0.4, -0.2) is 23.1 Å². The van der Waals surface area contributed by atoms with E-state index in [1.165, 1.54) is 50.2 Å². The van der Waals surface area contributed by atoms with Gasteiger partial charge < -0.3 is 10.3 Å². The molecule has 2 aliphatic rings. The van der Waals surface area contributed by atoms with E-state index in [2.05, 4.69) is 21.5 Å². The zero-order valence-electron chi connectivity index (χ0n) is 9.13. The quantitative estimate of drug-likeness (QED) is 0.776. The molecule has 0 amide bonds. The molecule has 3 nitrogen and oxygen atoms in total. The molecule has 2 heterocycles. The number of aromatic amines is 1. The van der Waals surface area contributed by atoms with Crippen LogP contribution in [0.4, 0.5) is 0 Å². The molecular formula is C12H19N3. The van der Waals surface area contributed by atoms with Crippen LogP contribution < -0.4 is 5.32 Å². The fourth-order valence-corrected chi connectivity index (χ4v) is 2.57. The lowest BCUT2D eigenvalue weighted by molar-refractivity contribution is 0.401. The largest absolute Gasteiger partial charge is 0.345 e. The summed E-state index contributed by atoms with van der Waals surface area (Å²) in [5, 5.41) is 3.45. The van der Waals surface area contributed by atoms with Crippen LogP contribution in [0.5, 0.6) is 0 Å². The third kappa shape index (κ3) is 1.81. The van der Waals surface area contributed by atoms with Crippen LogP contribution >= 0.6 is 0 Å². The van der Waals surface area contributed by atoms with Gasteiger partial charge in [-0.05, 0) is 32.2 Å². The highest BCUT2D eigenvalue weighted by Crippen LogP contribution is 2.35. The van der Waals surface area contributed by atoms with Gasteiger partial charge in [-0.2, -0.15) is 0 Å². The van der Waals surface area contributed by atoms with E-state index in [1.54, 1.807) is 0 Å². The van der Waals surface area contributed by atoms with E-state index in [1.807, 2.05) is 0 Å². The van der Waals surface area contributed by atoms with Crippen LogP contribution in [0.2, 0.25) is 0 Å². The Morgan fingerprint density at radius 2 is 2.00 bits per heavy atom. The molecule has 1 aromatic rings. The molecule has 2 N–H and O–H groups in total. The first-order valence-electron chi connectivity index (χ1n) is 6.19. The number of rotatable bonds is 2. The lowest BCUT2D eigenvalue weighted by atomic mass is 9.85. The van der Waals surface area contributed by atoms with Gasteiger partial charge in [-0.1, -0.05) is 6.42 Å². The van der Waals surface area contributed by atoms with Gasteiger partial charge in [-0.15, -0.1) is 0 Å². The second-order valence-electron chi connectivity index (χ2n) is 4.89. The van der Waals surface area contributed by atoms with E-state index in [0.29, 0.717) is 5.92 Å². The number of aromatic nitrogens is 2. The van der Waals surface area contributed by atoms with E-state index in [4.69, 9.17) is 0 Å². The van der Waals surface area contributed by atoms with Gasteiger partial charge in [0.25, 0.3) is 0 Å². The maximum atomic E-state index is 4.53. The maximum absolute atomic E-state index is 4.53. The third-order valence-corrected chi connectivity index (χ3v) is 3.84. The Balaban J connectivity index is 1.71. The molecule has 0 radical (unpaired) electrons. The highest BCUT2D eigenvalue weighted by molar-refractivity contribution is 5.13. The Morgan fingerprint density at radius 1 is 1.13 bits per heavy atom. The molecule has 1 saturated carbocycles. The number of nitrogens with one attached hydrogen (secondary N) is 2. The molecule has 3 rings (SSSR count). The molecule has 1 aromatic heterocycles. The van der Waals surface area contributed by atoms with Gasteiger partial charge in [0.05, 0.1) is 0 Å². The maximum Gasteiger partial charge on any atom is 0.109 e. The van der Waals surface area contributed by atoms with Gasteiger partial charge in [0.1, 0.15) is 5.82 Å². The summed E-state index contributed by atoms with van der Waals surface area (Å²) in [6, 6.07) is 0. The average molecular weight is 205 g/mol. The molecule has 1 unspecified atom stereocenters. The fourth-order valence-electron chi connectivity index (χ4n) is 2.57. The van der Waals surface area contributed by atoms with Crippen LogP contribution in [0.25, 0.3) is 0 Å². The minimum atomic E-state index is 0.667. The summed E-state index contributed by atoms with van der Waals surface area (Å²) >= 11 is 0. The van der Waals surface area contributed by atoms with Gasteiger partial charge in [0.2, 0.25) is 0 Å². The van der Waals surface area contributed by atoms with Crippen molar-refractivity contribution >= 4 is 0 Å². The predicted octanol–water partition coefficient (Wildman–Crippen LogP) is 2.14. The summed E-state index contributed by atoms with van der Waals surface area (Å²) in [6.07, 6.45) is 8.70. The zero-order chi connectivity index (χ0) is 10.1. The van der Waals surface area contributed by atoms with Gasteiger partial charge in [0, 0.05) is 30.3 Å². The number of nitrogens with zero attached hydrogens (tertiary/aromatic N) is 1. The lowest BCUT2D eigenvalue weighted by Crippen LogP contribution is -2.28. The van der Waals surface area contributed by atoms with Crippen LogP contribution in [0.15, 0.2) is 6.20 Å². The van der Waals surface area contributed by atoms with E-state index in [0.717, 1.165) is 12.5 Å². The minimum Gasteiger partial charge on any atom is -0.345 e. The van der Waals surface area contributed by atoms with Crippen LogP contribution in [0, 0.1) is 0 Å². The Kier molecular flexibility index (Phi) is 2.49. The molecular weight excluding hydrogens is 186 g/mol. The number of hydrogen-bond acceptors (Lipinski definition) is 2. The molecule has 1 aliphatic heterocycles. The number of H-pyrrole nitrogens is 1. The minimum absolute atomic E-state index is 0.667. The Morgan fingerprint density at radius 3 is 2.67 bits per heavy atom. The summed E-state index contributed by atoms with van der Waals surface area (Å²) in [6.45, 7) is 2.30. The van der Waals surface area contributed by atoms with Crippen molar-refractivity contribution in [3.8, 4) is 0 Å². The Hall–Kier alpha value is -0.830. The van der Waals surface area contributed by atoms with Crippen molar-refractivity contribution in [2.24, 2.45) is 0 Å². The SMILES string of the molecule is c1nc(C2CCC2)[nH]c1C1CCCNC1. The zero-order valence-corrected chi connectivity index (χ0v) is 9.13. The summed E-state index contributed by atoms with van der Waals surface area (Å²) in [4.78, 5) is 8.06. The summed E-state index contributed by atoms with van der Waals surface area (Å²) < 4.78 is 0. The highest BCUT2D eigenvalue weighted by Gasteiger charge is 2.24. The van der Waals surface area contributed by atoms with Crippen molar-refractivity contribution in [1.29, 1.82) is 0 Å². The summed E-state index contributed by atoms with van der Waals surface area (Å²) in [5.74, 6) is 2.64. The molecule has 2 fully saturated rings. The van der Waals surface area contributed by atoms with Gasteiger partial charge in [-0.25, -0.2) is 4.98 Å². The normalized spacial score (nSPS) is 27.6. The first kappa shape index (κ1) is 9.40. The van der Waals surface area contributed by atoms with E-state index in [9.17, 15) is 0 Å². The van der Waals surface area contributed by atoms with Crippen molar-refractivity contribution in [2.45, 2.75) is 43.9 Å². The van der Waals surface area contributed by atoms with Crippen LogP contribution in [0.1, 0.15) is 55.5 Å². The smallest absolute Gasteiger partial charge is 0.109 e. The van der Waals surface area contributed by atoms with Gasteiger partial charge in [0.15, 0.2) is 0 Å². The second-order valence-corrected chi connectivity index (χ2v) is 4.89. The number of piperidine rings is 1. The van der Waals surface area contributed by atoms with E-state index in [-0.39, 0.29) is 0 Å². The van der Waals surface area contributed by atoms with Crippen molar-refractivity contribution in [3.63, 3.8) is 0 Å². The molecule has 0 bridgehead atoms. The fraction of sp³-hybridized carbons (Fsp3) is 0.750. The molecule has 82 valence electrons. The van der Waals surface area contributed by atoms with E-state index >= 15 is 0 Å². The number of hydrogen-bond donors (Lipinski definition) is 2. The highest BCUT2D eigenvalue weighted by atomic mass is 14.9. The molecule has 0 spiro atoms. The standard InChI is InChI=1S/C12H19N3/c1-3-9(4-1)12-14-8-11(15-12)10-5-2-6-13-7-10/h8-10,13H,1-7H2,(H,14,15). The van der Waals surface area contributed by atoms with Crippen molar-refractivity contribution in [3.05, 3.63) is 17.7 Å². The molecule has 1 saturated heterocycles. The molecule has 0 aromatic carbocycles. The molecule has 15 heavy (non-hydrogen) atoms. The average Bonchev–Trinajstić information content (AvgIpc) is 2.66. The summed E-state index contributed by atoms with van der Waals surface area (Å²) in [7, 11) is 0. The van der Waals surface area contributed by atoms with Gasteiger partial charge in [-0.3, -0.25) is 0 Å². The molecule has 1 atom stereocenters.